The number of esters is 1. The number of carbonyl (C=O) groups is 2. The molecule has 0 N–H and O–H groups in total. The van der Waals surface area contributed by atoms with Gasteiger partial charge in [0.25, 0.3) is 0 Å². The topological polar surface area (TPSA) is 43.4 Å². The maximum atomic E-state index is 12.9. The molecule has 0 unspecified atom stereocenters. The van der Waals surface area contributed by atoms with Crippen LogP contribution in [0.1, 0.15) is 47.4 Å². The van der Waals surface area contributed by atoms with Gasteiger partial charge in [-0.05, 0) is 47.7 Å². The van der Waals surface area contributed by atoms with Crippen molar-refractivity contribution in [3.05, 3.63) is 83.9 Å². The van der Waals surface area contributed by atoms with E-state index < -0.39 is 5.97 Å². The van der Waals surface area contributed by atoms with Crippen LogP contribution in [0.2, 0.25) is 0 Å². The predicted octanol–water partition coefficient (Wildman–Crippen LogP) is 6.18. The lowest BCUT2D eigenvalue weighted by atomic mass is 9.88. The van der Waals surface area contributed by atoms with Crippen molar-refractivity contribution in [3.8, 4) is 22.3 Å². The van der Waals surface area contributed by atoms with Gasteiger partial charge < -0.3 is 4.74 Å². The monoisotopic (exact) mass is 372 g/mol. The minimum absolute atomic E-state index is 0.0338. The quantitative estimate of drug-likeness (QED) is 0.367. The van der Waals surface area contributed by atoms with Gasteiger partial charge in [0.15, 0.2) is 5.78 Å². The summed E-state index contributed by atoms with van der Waals surface area (Å²) in [6.45, 7) is 4.04. The lowest BCUT2D eigenvalue weighted by molar-refractivity contribution is 0.0527. The van der Waals surface area contributed by atoms with Gasteiger partial charge in [-0.25, -0.2) is 4.79 Å². The first-order valence-corrected chi connectivity index (χ1v) is 9.64. The van der Waals surface area contributed by atoms with E-state index in [1.54, 1.807) is 13.0 Å². The average molecular weight is 372 g/mol. The molecule has 0 saturated carbocycles. The molecule has 0 amide bonds. The van der Waals surface area contributed by atoms with Crippen molar-refractivity contribution < 1.29 is 14.3 Å². The van der Waals surface area contributed by atoms with Crippen LogP contribution in [-0.4, -0.2) is 18.4 Å². The zero-order valence-corrected chi connectivity index (χ0v) is 16.3. The maximum Gasteiger partial charge on any atom is 0.338 e. The molecular weight excluding hydrogens is 348 g/mol. The van der Waals surface area contributed by atoms with Gasteiger partial charge in [-0.15, -0.1) is 0 Å². The summed E-state index contributed by atoms with van der Waals surface area (Å²) in [5.74, 6) is -0.377. The van der Waals surface area contributed by atoms with Crippen LogP contribution in [0.5, 0.6) is 0 Å². The van der Waals surface area contributed by atoms with Gasteiger partial charge in [0.2, 0.25) is 0 Å². The first-order valence-electron chi connectivity index (χ1n) is 9.64. The van der Waals surface area contributed by atoms with Crippen LogP contribution < -0.4 is 0 Å². The predicted molar refractivity (Wildman–Crippen MR) is 113 cm³/mol. The molecule has 0 fully saturated rings. The number of hydrogen-bond donors (Lipinski definition) is 0. The molecular formula is C25H24O3. The van der Waals surface area contributed by atoms with Crippen LogP contribution >= 0.6 is 0 Å². The fourth-order valence-electron chi connectivity index (χ4n) is 3.28. The third-order valence-electron chi connectivity index (χ3n) is 4.60. The van der Waals surface area contributed by atoms with E-state index in [1.807, 2.05) is 73.7 Å². The highest BCUT2D eigenvalue weighted by Gasteiger charge is 2.21. The molecule has 0 heterocycles. The lowest BCUT2D eigenvalue weighted by Gasteiger charge is -2.16. The van der Waals surface area contributed by atoms with Crippen LogP contribution in [0.4, 0.5) is 0 Å². The highest BCUT2D eigenvalue weighted by Crippen LogP contribution is 2.34. The zero-order chi connectivity index (χ0) is 19.9. The largest absolute Gasteiger partial charge is 0.462 e. The van der Waals surface area contributed by atoms with Crippen molar-refractivity contribution >= 4 is 11.8 Å². The summed E-state index contributed by atoms with van der Waals surface area (Å²) >= 11 is 0. The van der Waals surface area contributed by atoms with E-state index in [0.717, 1.165) is 28.7 Å². The molecule has 0 bridgehead atoms. The number of benzene rings is 3. The van der Waals surface area contributed by atoms with Gasteiger partial charge in [0.05, 0.1) is 12.2 Å². The number of ether oxygens (including phenoxy) is 1. The van der Waals surface area contributed by atoms with Crippen molar-refractivity contribution in [3.63, 3.8) is 0 Å². The summed E-state index contributed by atoms with van der Waals surface area (Å²) in [6.07, 6.45) is 1.19. The van der Waals surface area contributed by atoms with Gasteiger partial charge >= 0.3 is 5.97 Å². The van der Waals surface area contributed by atoms with Crippen molar-refractivity contribution in [2.75, 3.05) is 6.61 Å². The number of Topliss-reactive ketones (excluding diaryl/α,β-unsaturated/α-hetero) is 1. The standard InChI is InChI=1S/C25H24O3/c1-3-11-24(26)22-17-23(25(27)28-4-2)21(19-14-9-6-10-15-19)16-20(22)18-12-7-5-8-13-18/h5-10,12-17H,3-4,11H2,1-2H3. The summed E-state index contributed by atoms with van der Waals surface area (Å²) in [6, 6.07) is 23.2. The van der Waals surface area contributed by atoms with Gasteiger partial charge in [0, 0.05) is 12.0 Å². The second-order valence-corrected chi connectivity index (χ2v) is 6.57. The Morgan fingerprint density at radius 2 is 1.29 bits per heavy atom. The van der Waals surface area contributed by atoms with Crippen molar-refractivity contribution in [1.29, 1.82) is 0 Å². The molecule has 3 aromatic carbocycles. The molecule has 0 atom stereocenters. The Balaban J connectivity index is 2.28. The molecule has 3 aromatic rings. The molecule has 0 spiro atoms. The Morgan fingerprint density at radius 3 is 1.79 bits per heavy atom. The Bertz CT molecular complexity index is 883. The van der Waals surface area contributed by atoms with E-state index in [-0.39, 0.29) is 12.4 Å². The Morgan fingerprint density at radius 1 is 0.750 bits per heavy atom. The molecule has 3 rings (SSSR count). The average Bonchev–Trinajstić information content (AvgIpc) is 2.74. The van der Waals surface area contributed by atoms with E-state index in [4.69, 9.17) is 4.74 Å². The van der Waals surface area contributed by atoms with E-state index >= 15 is 0 Å². The molecule has 0 aliphatic rings. The van der Waals surface area contributed by atoms with E-state index in [1.165, 1.54) is 0 Å². The van der Waals surface area contributed by atoms with Crippen LogP contribution in [-0.2, 0) is 4.74 Å². The number of ketones is 1. The van der Waals surface area contributed by atoms with Gasteiger partial charge in [-0.3, -0.25) is 4.79 Å². The van der Waals surface area contributed by atoms with Crippen molar-refractivity contribution in [2.24, 2.45) is 0 Å². The molecule has 0 aliphatic carbocycles. The summed E-state index contributed by atoms with van der Waals surface area (Å²) in [7, 11) is 0. The van der Waals surface area contributed by atoms with E-state index in [9.17, 15) is 9.59 Å². The third-order valence-corrected chi connectivity index (χ3v) is 4.60. The smallest absolute Gasteiger partial charge is 0.338 e. The molecule has 28 heavy (non-hydrogen) atoms. The van der Waals surface area contributed by atoms with Gasteiger partial charge in [-0.2, -0.15) is 0 Å². The lowest BCUT2D eigenvalue weighted by Crippen LogP contribution is -2.10. The number of rotatable bonds is 7. The minimum atomic E-state index is -0.411. The Labute approximate surface area is 166 Å². The fraction of sp³-hybridized carbons (Fsp3) is 0.200. The SMILES string of the molecule is CCCC(=O)c1cc(C(=O)OCC)c(-c2ccccc2)cc1-c1ccccc1. The summed E-state index contributed by atoms with van der Waals surface area (Å²) in [4.78, 5) is 25.6. The van der Waals surface area contributed by atoms with Crippen LogP contribution in [0, 0.1) is 0 Å². The molecule has 0 aromatic heterocycles. The maximum absolute atomic E-state index is 12.9. The molecule has 3 nitrogen and oxygen atoms in total. The van der Waals surface area contributed by atoms with Crippen LogP contribution in [0.3, 0.4) is 0 Å². The van der Waals surface area contributed by atoms with Gasteiger partial charge in [-0.1, -0.05) is 67.6 Å². The van der Waals surface area contributed by atoms with Crippen LogP contribution in [0.15, 0.2) is 72.8 Å². The summed E-state index contributed by atoms with van der Waals surface area (Å²) in [5.41, 5.74) is 4.46. The Hall–Kier alpha value is -3.20. The summed E-state index contributed by atoms with van der Waals surface area (Å²) in [5, 5.41) is 0. The zero-order valence-electron chi connectivity index (χ0n) is 16.3. The number of carbonyl (C=O) groups excluding carboxylic acids is 2. The minimum Gasteiger partial charge on any atom is -0.462 e. The second kappa shape index (κ2) is 9.14. The Kier molecular flexibility index (Phi) is 6.38. The highest BCUT2D eigenvalue weighted by molar-refractivity contribution is 6.07. The third kappa shape index (κ3) is 4.20. The first kappa shape index (κ1) is 19.6. The molecule has 0 radical (unpaired) electrons. The highest BCUT2D eigenvalue weighted by atomic mass is 16.5. The molecule has 3 heteroatoms. The van der Waals surface area contributed by atoms with Crippen LogP contribution in [0.25, 0.3) is 22.3 Å². The van der Waals surface area contributed by atoms with Gasteiger partial charge in [0.1, 0.15) is 0 Å². The molecule has 0 aliphatic heterocycles. The van der Waals surface area contributed by atoms with E-state index in [2.05, 4.69) is 0 Å². The van der Waals surface area contributed by atoms with Crippen molar-refractivity contribution in [1.82, 2.24) is 0 Å². The van der Waals surface area contributed by atoms with Crippen molar-refractivity contribution in [2.45, 2.75) is 26.7 Å². The second-order valence-electron chi connectivity index (χ2n) is 6.57. The summed E-state index contributed by atoms with van der Waals surface area (Å²) < 4.78 is 5.28. The molecule has 142 valence electrons. The first-order chi connectivity index (χ1) is 13.7. The van der Waals surface area contributed by atoms with E-state index in [0.29, 0.717) is 17.5 Å². The fourth-order valence-corrected chi connectivity index (χ4v) is 3.28. The normalized spacial score (nSPS) is 10.5. The number of hydrogen-bond acceptors (Lipinski definition) is 3. The molecule has 0 saturated heterocycles.